The summed E-state index contributed by atoms with van der Waals surface area (Å²) in [7, 11) is 0. The second kappa shape index (κ2) is 10.2. The average molecular weight is 504 g/mol. The van der Waals surface area contributed by atoms with Gasteiger partial charge in [-0.2, -0.15) is 5.26 Å². The third-order valence-electron chi connectivity index (χ3n) is 7.57. The Balaban J connectivity index is 1.33. The van der Waals surface area contributed by atoms with E-state index < -0.39 is 11.4 Å². The van der Waals surface area contributed by atoms with Crippen molar-refractivity contribution in [3.63, 3.8) is 0 Å². The van der Waals surface area contributed by atoms with E-state index in [0.717, 1.165) is 17.5 Å². The first kappa shape index (κ1) is 24.8. The maximum absolute atomic E-state index is 13.4. The molecule has 2 amide bonds. The van der Waals surface area contributed by atoms with Gasteiger partial charge in [-0.3, -0.25) is 14.4 Å². The molecule has 9 heteroatoms. The summed E-state index contributed by atoms with van der Waals surface area (Å²) in [5, 5.41) is 24.3. The highest BCUT2D eigenvalue weighted by atomic mass is 16.5. The third kappa shape index (κ3) is 5.16. The molecule has 2 heterocycles. The standard InChI is InChI=1S/C28H29N3O6/c29-15-17-4-5-18(2-1-3-25(32)33)23(12-17)31-27(35)22-14-28(22)9-11-37-24-7-6-19(13-21(24)28)26(34)30-20-8-10-36-16-20/h4-7,12-13,20,22H,1-3,8-11,14,16H2,(H,30,34)(H,31,35)(H,32,33)/t20-,22-,28-/m0/s1. The molecule has 0 aromatic heterocycles. The number of carbonyl (C=O) groups is 3. The van der Waals surface area contributed by atoms with E-state index in [-0.39, 0.29) is 30.2 Å². The zero-order valence-corrected chi connectivity index (χ0v) is 20.4. The van der Waals surface area contributed by atoms with Gasteiger partial charge in [-0.1, -0.05) is 6.07 Å². The van der Waals surface area contributed by atoms with Gasteiger partial charge in [0.05, 0.1) is 30.9 Å². The lowest BCUT2D eigenvalue weighted by atomic mass is 9.86. The number of anilines is 1. The van der Waals surface area contributed by atoms with E-state index >= 15 is 0 Å². The second-order valence-electron chi connectivity index (χ2n) is 9.98. The van der Waals surface area contributed by atoms with Crippen LogP contribution in [0.1, 0.15) is 59.2 Å². The number of hydrogen-bond donors (Lipinski definition) is 3. The molecular weight excluding hydrogens is 474 g/mol. The first-order chi connectivity index (χ1) is 17.9. The van der Waals surface area contributed by atoms with Gasteiger partial charge in [-0.15, -0.1) is 0 Å². The normalized spacial score (nSPS) is 23.4. The Bertz CT molecular complexity index is 1280. The number of rotatable bonds is 8. The summed E-state index contributed by atoms with van der Waals surface area (Å²) >= 11 is 0. The minimum Gasteiger partial charge on any atom is -0.493 e. The zero-order valence-electron chi connectivity index (χ0n) is 20.4. The fraction of sp³-hybridized carbons (Fsp3) is 0.429. The van der Waals surface area contributed by atoms with Crippen molar-refractivity contribution < 1.29 is 29.0 Å². The van der Waals surface area contributed by atoms with E-state index in [1.165, 1.54) is 0 Å². The van der Waals surface area contributed by atoms with Gasteiger partial charge in [0.15, 0.2) is 0 Å². The van der Waals surface area contributed by atoms with Crippen LogP contribution in [0.3, 0.4) is 0 Å². The number of carboxylic acid groups (broad SMARTS) is 1. The molecule has 1 saturated carbocycles. The number of hydrogen-bond acceptors (Lipinski definition) is 6. The molecule has 2 fully saturated rings. The Morgan fingerprint density at radius 1 is 1.16 bits per heavy atom. The van der Waals surface area contributed by atoms with Gasteiger partial charge in [0.1, 0.15) is 5.75 Å². The van der Waals surface area contributed by atoms with E-state index in [1.54, 1.807) is 30.3 Å². The minimum atomic E-state index is -0.873. The number of carboxylic acids is 1. The number of nitrogens with zero attached hydrogens (tertiary/aromatic N) is 1. The van der Waals surface area contributed by atoms with E-state index in [1.807, 2.05) is 6.07 Å². The quantitative estimate of drug-likeness (QED) is 0.503. The van der Waals surface area contributed by atoms with Crippen molar-refractivity contribution in [3.05, 3.63) is 58.7 Å². The molecule has 192 valence electrons. The Labute approximate surface area is 214 Å². The van der Waals surface area contributed by atoms with Crippen molar-refractivity contribution in [3.8, 4) is 11.8 Å². The number of nitriles is 1. The van der Waals surface area contributed by atoms with Crippen molar-refractivity contribution >= 4 is 23.5 Å². The second-order valence-corrected chi connectivity index (χ2v) is 9.98. The lowest BCUT2D eigenvalue weighted by Crippen LogP contribution is -2.35. The van der Waals surface area contributed by atoms with Crippen LogP contribution >= 0.6 is 0 Å². The molecule has 3 atom stereocenters. The molecule has 0 radical (unpaired) electrons. The fourth-order valence-electron chi connectivity index (χ4n) is 5.43. The van der Waals surface area contributed by atoms with Crippen LogP contribution in [0.15, 0.2) is 36.4 Å². The first-order valence-corrected chi connectivity index (χ1v) is 12.6. The number of ether oxygens (including phenoxy) is 2. The largest absolute Gasteiger partial charge is 0.493 e. The van der Waals surface area contributed by atoms with Crippen molar-refractivity contribution in [1.82, 2.24) is 5.32 Å². The van der Waals surface area contributed by atoms with Crippen LogP contribution < -0.4 is 15.4 Å². The topological polar surface area (TPSA) is 138 Å². The van der Waals surface area contributed by atoms with Crippen LogP contribution in [0.2, 0.25) is 0 Å². The molecule has 2 aliphatic heterocycles. The lowest BCUT2D eigenvalue weighted by molar-refractivity contribution is -0.137. The molecule has 3 aliphatic rings. The maximum atomic E-state index is 13.4. The first-order valence-electron chi connectivity index (χ1n) is 12.6. The number of aliphatic carboxylic acids is 1. The van der Waals surface area contributed by atoms with Crippen molar-refractivity contribution in [2.75, 3.05) is 25.1 Å². The van der Waals surface area contributed by atoms with Crippen LogP contribution in [-0.4, -0.2) is 48.8 Å². The van der Waals surface area contributed by atoms with Crippen molar-refractivity contribution in [2.45, 2.75) is 50.0 Å². The Morgan fingerprint density at radius 3 is 2.78 bits per heavy atom. The van der Waals surface area contributed by atoms with Gasteiger partial charge in [0.2, 0.25) is 5.91 Å². The van der Waals surface area contributed by atoms with Crippen molar-refractivity contribution in [2.24, 2.45) is 5.92 Å². The highest BCUT2D eigenvalue weighted by Gasteiger charge is 2.61. The minimum absolute atomic E-state index is 0.00191. The summed E-state index contributed by atoms with van der Waals surface area (Å²) in [6, 6.07) is 12.6. The van der Waals surface area contributed by atoms with E-state index in [9.17, 15) is 19.6 Å². The molecule has 3 N–H and O–H groups in total. The number of benzene rings is 2. The predicted molar refractivity (Wildman–Crippen MR) is 133 cm³/mol. The highest BCUT2D eigenvalue weighted by Crippen LogP contribution is 2.61. The van der Waals surface area contributed by atoms with Gasteiger partial charge in [-0.05, 0) is 68.0 Å². The monoisotopic (exact) mass is 503 g/mol. The predicted octanol–water partition coefficient (Wildman–Crippen LogP) is 3.16. The third-order valence-corrected chi connectivity index (χ3v) is 7.57. The zero-order chi connectivity index (χ0) is 26.0. The molecule has 1 spiro atoms. The Morgan fingerprint density at radius 2 is 2.03 bits per heavy atom. The van der Waals surface area contributed by atoms with Gasteiger partial charge < -0.3 is 25.2 Å². The van der Waals surface area contributed by atoms with Gasteiger partial charge in [0.25, 0.3) is 5.91 Å². The summed E-state index contributed by atoms with van der Waals surface area (Å²) < 4.78 is 11.2. The Hall–Kier alpha value is -3.90. The Kier molecular flexibility index (Phi) is 6.85. The summed E-state index contributed by atoms with van der Waals surface area (Å²) in [5.41, 5.74) is 2.76. The summed E-state index contributed by atoms with van der Waals surface area (Å²) in [6.07, 6.45) is 3.04. The van der Waals surface area contributed by atoms with Crippen LogP contribution in [0.4, 0.5) is 5.69 Å². The number of carbonyl (C=O) groups excluding carboxylic acids is 2. The summed E-state index contributed by atoms with van der Waals surface area (Å²) in [5.74, 6) is -0.792. The molecule has 1 saturated heterocycles. The highest BCUT2D eigenvalue weighted by molar-refractivity contribution is 5.98. The molecule has 5 rings (SSSR count). The summed E-state index contributed by atoms with van der Waals surface area (Å²) in [6.45, 7) is 1.64. The van der Waals surface area contributed by atoms with Crippen LogP contribution in [0.25, 0.3) is 0 Å². The maximum Gasteiger partial charge on any atom is 0.303 e. The number of amides is 2. The van der Waals surface area contributed by atoms with Crippen LogP contribution in [0.5, 0.6) is 5.75 Å². The lowest BCUT2D eigenvalue weighted by Gasteiger charge is -2.27. The van der Waals surface area contributed by atoms with Crippen LogP contribution in [-0.2, 0) is 26.2 Å². The van der Waals surface area contributed by atoms with E-state index in [2.05, 4.69) is 16.7 Å². The van der Waals surface area contributed by atoms with Gasteiger partial charge >= 0.3 is 5.97 Å². The SMILES string of the molecule is N#Cc1ccc(CCCC(=O)O)c(NC(=O)[C@@H]2C[C@]23CCOc2ccc(C(=O)N[C@H]4CCOC4)cc23)c1. The molecular formula is C28H29N3O6. The molecule has 2 aromatic rings. The molecule has 0 unspecified atom stereocenters. The molecule has 1 aliphatic carbocycles. The summed E-state index contributed by atoms with van der Waals surface area (Å²) in [4.78, 5) is 37.2. The average Bonchev–Trinajstić information content (AvgIpc) is 3.37. The van der Waals surface area contributed by atoms with Crippen LogP contribution in [0, 0.1) is 17.2 Å². The molecule has 0 bridgehead atoms. The molecule has 9 nitrogen and oxygen atoms in total. The smallest absolute Gasteiger partial charge is 0.303 e. The van der Waals surface area contributed by atoms with E-state index in [0.29, 0.717) is 68.1 Å². The number of fused-ring (bicyclic) bond motifs is 2. The molecule has 2 aromatic carbocycles. The van der Waals surface area contributed by atoms with Gasteiger partial charge in [0, 0.05) is 41.2 Å². The molecule has 37 heavy (non-hydrogen) atoms. The fourth-order valence-corrected chi connectivity index (χ4v) is 5.43. The van der Waals surface area contributed by atoms with E-state index in [4.69, 9.17) is 14.6 Å². The van der Waals surface area contributed by atoms with Crippen molar-refractivity contribution in [1.29, 1.82) is 5.26 Å². The number of nitrogens with one attached hydrogen (secondary N) is 2. The van der Waals surface area contributed by atoms with Gasteiger partial charge in [-0.25, -0.2) is 0 Å². The number of aryl methyl sites for hydroxylation is 1.